The monoisotopic (exact) mass is 287 g/mol. The molecule has 1 aliphatic rings. The summed E-state index contributed by atoms with van der Waals surface area (Å²) in [6, 6.07) is 6.70. The molecule has 15 heavy (non-hydrogen) atoms. The van der Waals surface area contributed by atoms with Crippen LogP contribution in [0.1, 0.15) is 31.2 Å². The van der Waals surface area contributed by atoms with E-state index in [0.29, 0.717) is 6.04 Å². The maximum atomic E-state index is 6.12. The standard InChI is InChI=1S/C12H15BrClN/c13-10-5-6-12(14)9(7-10)8-15-11-3-1-2-4-11/h5-7,11,15H,1-4,8H2. The van der Waals surface area contributed by atoms with Crippen LogP contribution in [0.5, 0.6) is 0 Å². The summed E-state index contributed by atoms with van der Waals surface area (Å²) in [5.74, 6) is 0. The zero-order chi connectivity index (χ0) is 10.7. The summed E-state index contributed by atoms with van der Waals surface area (Å²) in [6.45, 7) is 0.878. The minimum absolute atomic E-state index is 0.694. The predicted molar refractivity (Wildman–Crippen MR) is 68.2 cm³/mol. The molecular weight excluding hydrogens is 273 g/mol. The summed E-state index contributed by atoms with van der Waals surface area (Å²) in [5.41, 5.74) is 1.18. The van der Waals surface area contributed by atoms with E-state index in [0.717, 1.165) is 16.0 Å². The van der Waals surface area contributed by atoms with Crippen molar-refractivity contribution in [1.29, 1.82) is 0 Å². The smallest absolute Gasteiger partial charge is 0.0451 e. The van der Waals surface area contributed by atoms with Crippen LogP contribution in [0.15, 0.2) is 22.7 Å². The van der Waals surface area contributed by atoms with Crippen LogP contribution >= 0.6 is 27.5 Å². The second kappa shape index (κ2) is 5.33. The number of hydrogen-bond donors (Lipinski definition) is 1. The number of rotatable bonds is 3. The van der Waals surface area contributed by atoms with E-state index in [2.05, 4.69) is 27.3 Å². The summed E-state index contributed by atoms with van der Waals surface area (Å²) in [4.78, 5) is 0. The summed E-state index contributed by atoms with van der Waals surface area (Å²) in [6.07, 6.45) is 5.35. The highest BCUT2D eigenvalue weighted by Crippen LogP contribution is 2.22. The average Bonchev–Trinajstić information content (AvgIpc) is 2.72. The Kier molecular flexibility index (Phi) is 4.06. The number of halogens is 2. The van der Waals surface area contributed by atoms with Crippen molar-refractivity contribution in [2.45, 2.75) is 38.3 Å². The van der Waals surface area contributed by atoms with Crippen molar-refractivity contribution in [1.82, 2.24) is 5.32 Å². The average molecular weight is 289 g/mol. The topological polar surface area (TPSA) is 12.0 Å². The maximum Gasteiger partial charge on any atom is 0.0451 e. The molecule has 1 aromatic rings. The van der Waals surface area contributed by atoms with Gasteiger partial charge in [-0.3, -0.25) is 0 Å². The van der Waals surface area contributed by atoms with Gasteiger partial charge in [-0.05, 0) is 36.6 Å². The molecule has 0 bridgehead atoms. The van der Waals surface area contributed by atoms with E-state index < -0.39 is 0 Å². The van der Waals surface area contributed by atoms with Crippen LogP contribution in [0.4, 0.5) is 0 Å². The lowest BCUT2D eigenvalue weighted by molar-refractivity contribution is 0.524. The first-order valence-corrected chi connectivity index (χ1v) is 6.60. The minimum atomic E-state index is 0.694. The number of benzene rings is 1. The molecule has 0 aliphatic heterocycles. The molecule has 0 aromatic heterocycles. The van der Waals surface area contributed by atoms with E-state index in [9.17, 15) is 0 Å². The molecule has 1 nitrogen and oxygen atoms in total. The molecule has 1 aliphatic carbocycles. The van der Waals surface area contributed by atoms with Crippen LogP contribution in [0.3, 0.4) is 0 Å². The lowest BCUT2D eigenvalue weighted by atomic mass is 10.2. The second-order valence-corrected chi connectivity index (χ2v) is 5.42. The van der Waals surface area contributed by atoms with Crippen LogP contribution in [-0.2, 0) is 6.54 Å². The highest BCUT2D eigenvalue weighted by atomic mass is 79.9. The molecule has 0 atom stereocenters. The van der Waals surface area contributed by atoms with Crippen molar-refractivity contribution < 1.29 is 0 Å². The third kappa shape index (κ3) is 3.20. The van der Waals surface area contributed by atoms with E-state index in [1.165, 1.54) is 31.2 Å². The van der Waals surface area contributed by atoms with Gasteiger partial charge in [0.2, 0.25) is 0 Å². The van der Waals surface area contributed by atoms with E-state index in [4.69, 9.17) is 11.6 Å². The van der Waals surface area contributed by atoms with Crippen LogP contribution in [0.25, 0.3) is 0 Å². The first-order chi connectivity index (χ1) is 7.25. The van der Waals surface area contributed by atoms with Gasteiger partial charge in [0.1, 0.15) is 0 Å². The zero-order valence-corrected chi connectivity index (χ0v) is 10.9. The van der Waals surface area contributed by atoms with Gasteiger partial charge >= 0.3 is 0 Å². The Morgan fingerprint density at radius 3 is 2.80 bits per heavy atom. The first-order valence-electron chi connectivity index (χ1n) is 5.43. The number of nitrogens with one attached hydrogen (secondary N) is 1. The van der Waals surface area contributed by atoms with Gasteiger partial charge in [-0.2, -0.15) is 0 Å². The predicted octanol–water partition coefficient (Wildman–Crippen LogP) is 4.13. The fourth-order valence-corrected chi connectivity index (χ4v) is 2.66. The van der Waals surface area contributed by atoms with Crippen LogP contribution in [-0.4, -0.2) is 6.04 Å². The van der Waals surface area contributed by atoms with Gasteiger partial charge in [0.15, 0.2) is 0 Å². The van der Waals surface area contributed by atoms with Gasteiger partial charge in [0.05, 0.1) is 0 Å². The molecule has 0 radical (unpaired) electrons. The Labute approximate surface area is 104 Å². The van der Waals surface area contributed by atoms with Crippen molar-refractivity contribution in [3.63, 3.8) is 0 Å². The number of hydrogen-bond acceptors (Lipinski definition) is 1. The molecule has 1 aromatic carbocycles. The van der Waals surface area contributed by atoms with Crippen molar-refractivity contribution >= 4 is 27.5 Å². The van der Waals surface area contributed by atoms with E-state index >= 15 is 0 Å². The minimum Gasteiger partial charge on any atom is -0.310 e. The third-order valence-corrected chi connectivity index (χ3v) is 3.81. The van der Waals surface area contributed by atoms with E-state index in [1.54, 1.807) is 0 Å². The molecule has 1 fully saturated rings. The Balaban J connectivity index is 1.94. The molecular formula is C12H15BrClN. The molecule has 2 rings (SSSR count). The van der Waals surface area contributed by atoms with Crippen LogP contribution in [0, 0.1) is 0 Å². The van der Waals surface area contributed by atoms with Crippen molar-refractivity contribution in [3.8, 4) is 0 Å². The Morgan fingerprint density at radius 2 is 2.07 bits per heavy atom. The molecule has 82 valence electrons. The van der Waals surface area contributed by atoms with E-state index in [-0.39, 0.29) is 0 Å². The van der Waals surface area contributed by atoms with Gasteiger partial charge in [0.25, 0.3) is 0 Å². The summed E-state index contributed by atoms with van der Waals surface area (Å²) in [7, 11) is 0. The molecule has 0 heterocycles. The summed E-state index contributed by atoms with van der Waals surface area (Å²) < 4.78 is 1.09. The largest absolute Gasteiger partial charge is 0.310 e. The second-order valence-electron chi connectivity index (χ2n) is 4.10. The molecule has 3 heteroatoms. The van der Waals surface area contributed by atoms with Gasteiger partial charge in [0, 0.05) is 22.1 Å². The highest BCUT2D eigenvalue weighted by molar-refractivity contribution is 9.10. The Bertz CT molecular complexity index is 334. The summed E-state index contributed by atoms with van der Waals surface area (Å²) in [5, 5.41) is 4.41. The first kappa shape index (κ1) is 11.4. The normalized spacial score (nSPS) is 17.2. The molecule has 1 N–H and O–H groups in total. The molecule has 0 amide bonds. The van der Waals surface area contributed by atoms with Crippen molar-refractivity contribution in [2.24, 2.45) is 0 Å². The SMILES string of the molecule is Clc1ccc(Br)cc1CNC1CCCC1. The fraction of sp³-hybridized carbons (Fsp3) is 0.500. The molecule has 0 spiro atoms. The summed E-state index contributed by atoms with van der Waals surface area (Å²) >= 11 is 9.58. The Morgan fingerprint density at radius 1 is 1.33 bits per heavy atom. The zero-order valence-electron chi connectivity index (χ0n) is 8.60. The Hall–Kier alpha value is -0.0500. The van der Waals surface area contributed by atoms with Crippen LogP contribution in [0.2, 0.25) is 5.02 Å². The third-order valence-electron chi connectivity index (χ3n) is 2.94. The maximum absolute atomic E-state index is 6.12. The van der Waals surface area contributed by atoms with Crippen LogP contribution < -0.4 is 5.32 Å². The molecule has 0 saturated heterocycles. The lowest BCUT2D eigenvalue weighted by Crippen LogP contribution is -2.25. The quantitative estimate of drug-likeness (QED) is 0.881. The fourth-order valence-electron chi connectivity index (χ4n) is 2.06. The highest BCUT2D eigenvalue weighted by Gasteiger charge is 2.14. The van der Waals surface area contributed by atoms with E-state index in [1.807, 2.05) is 12.1 Å². The lowest BCUT2D eigenvalue weighted by Gasteiger charge is -2.12. The molecule has 1 saturated carbocycles. The molecule has 0 unspecified atom stereocenters. The van der Waals surface area contributed by atoms with Gasteiger partial charge in [-0.15, -0.1) is 0 Å². The van der Waals surface area contributed by atoms with Gasteiger partial charge in [-0.25, -0.2) is 0 Å². The van der Waals surface area contributed by atoms with Crippen molar-refractivity contribution in [2.75, 3.05) is 0 Å². The van der Waals surface area contributed by atoms with Crippen molar-refractivity contribution in [3.05, 3.63) is 33.3 Å². The van der Waals surface area contributed by atoms with Gasteiger partial charge < -0.3 is 5.32 Å². The van der Waals surface area contributed by atoms with Gasteiger partial charge in [-0.1, -0.05) is 40.4 Å².